The van der Waals surface area contributed by atoms with Crippen LogP contribution < -0.4 is 10.6 Å². The molecule has 0 spiro atoms. The second-order valence-corrected chi connectivity index (χ2v) is 6.07. The van der Waals surface area contributed by atoms with Crippen molar-refractivity contribution in [3.63, 3.8) is 0 Å². The molecular weight excluding hydrogens is 338 g/mol. The zero-order chi connectivity index (χ0) is 18.9. The molecule has 1 heterocycles. The molecule has 0 bridgehead atoms. The van der Waals surface area contributed by atoms with Gasteiger partial charge in [-0.1, -0.05) is 66.7 Å². The van der Waals surface area contributed by atoms with Crippen molar-refractivity contribution >= 4 is 11.8 Å². The number of benzene rings is 2. The first-order valence-electron chi connectivity index (χ1n) is 8.84. The van der Waals surface area contributed by atoms with Crippen LogP contribution in [0, 0.1) is 0 Å². The minimum absolute atomic E-state index is 0.224. The van der Waals surface area contributed by atoms with Crippen LogP contribution in [0.4, 0.5) is 0 Å². The number of amides is 2. The van der Waals surface area contributed by atoms with Crippen LogP contribution in [0.15, 0.2) is 78.9 Å². The molecule has 0 fully saturated rings. The van der Waals surface area contributed by atoms with Gasteiger partial charge in [0.1, 0.15) is 11.4 Å². The molecule has 27 heavy (non-hydrogen) atoms. The summed E-state index contributed by atoms with van der Waals surface area (Å²) in [5, 5.41) is 5.65. The highest BCUT2D eigenvalue weighted by atomic mass is 16.2. The van der Waals surface area contributed by atoms with Gasteiger partial charge >= 0.3 is 0 Å². The predicted molar refractivity (Wildman–Crippen MR) is 104 cm³/mol. The lowest BCUT2D eigenvalue weighted by atomic mass is 10.1. The van der Waals surface area contributed by atoms with Gasteiger partial charge in [-0.15, -0.1) is 0 Å². The Labute approximate surface area is 158 Å². The van der Waals surface area contributed by atoms with E-state index in [0.717, 1.165) is 17.5 Å². The summed E-state index contributed by atoms with van der Waals surface area (Å²) in [6, 6.07) is 24.4. The Hall–Kier alpha value is -3.47. The van der Waals surface area contributed by atoms with Gasteiger partial charge in [0, 0.05) is 13.1 Å². The largest absolute Gasteiger partial charge is 0.350 e. The molecule has 0 saturated carbocycles. The normalized spacial score (nSPS) is 10.2. The molecule has 136 valence electrons. The van der Waals surface area contributed by atoms with Crippen molar-refractivity contribution < 1.29 is 9.59 Å². The van der Waals surface area contributed by atoms with Crippen molar-refractivity contribution in [3.05, 3.63) is 101 Å². The smallest absolute Gasteiger partial charge is 0.270 e. The van der Waals surface area contributed by atoms with Crippen LogP contribution in [0.5, 0.6) is 0 Å². The van der Waals surface area contributed by atoms with E-state index in [1.54, 1.807) is 18.2 Å². The zero-order valence-corrected chi connectivity index (χ0v) is 14.9. The molecule has 3 rings (SSSR count). The molecule has 0 aliphatic carbocycles. The molecular formula is C22H21N3O2. The second kappa shape index (κ2) is 9.29. The lowest BCUT2D eigenvalue weighted by molar-refractivity contribution is 0.0943. The molecule has 5 heteroatoms. The van der Waals surface area contributed by atoms with Crippen LogP contribution in [0.3, 0.4) is 0 Å². The number of hydrogen-bond donors (Lipinski definition) is 2. The fourth-order valence-electron chi connectivity index (χ4n) is 2.61. The first-order valence-corrected chi connectivity index (χ1v) is 8.84. The standard InChI is InChI=1S/C22H21N3O2/c26-21(23-15-14-17-8-3-1-4-9-17)19-12-7-13-20(25-19)22(27)24-16-18-10-5-2-6-11-18/h1-13H,14-16H2,(H,23,26)(H,24,27). The highest BCUT2D eigenvalue weighted by molar-refractivity contribution is 5.96. The molecule has 0 atom stereocenters. The first-order chi connectivity index (χ1) is 13.2. The number of nitrogens with one attached hydrogen (secondary N) is 2. The quantitative estimate of drug-likeness (QED) is 0.681. The van der Waals surface area contributed by atoms with Gasteiger partial charge in [-0.3, -0.25) is 9.59 Å². The van der Waals surface area contributed by atoms with Crippen LogP contribution in [-0.2, 0) is 13.0 Å². The molecule has 1 aromatic heterocycles. The summed E-state index contributed by atoms with van der Waals surface area (Å²) in [4.78, 5) is 28.8. The van der Waals surface area contributed by atoms with Crippen molar-refractivity contribution in [1.29, 1.82) is 0 Å². The Bertz CT molecular complexity index is 896. The highest BCUT2D eigenvalue weighted by Crippen LogP contribution is 2.03. The molecule has 3 aromatic rings. The van der Waals surface area contributed by atoms with Crippen LogP contribution in [-0.4, -0.2) is 23.3 Å². The molecule has 0 aliphatic heterocycles. The van der Waals surface area contributed by atoms with Gasteiger partial charge in [-0.05, 0) is 29.7 Å². The van der Waals surface area contributed by atoms with E-state index in [4.69, 9.17) is 0 Å². The minimum atomic E-state index is -0.308. The second-order valence-electron chi connectivity index (χ2n) is 6.07. The van der Waals surface area contributed by atoms with E-state index in [-0.39, 0.29) is 23.2 Å². The Morgan fingerprint density at radius 3 is 1.85 bits per heavy atom. The average Bonchev–Trinajstić information content (AvgIpc) is 2.73. The van der Waals surface area contributed by atoms with E-state index >= 15 is 0 Å². The number of carbonyl (C=O) groups is 2. The molecule has 0 unspecified atom stereocenters. The summed E-state index contributed by atoms with van der Waals surface area (Å²) in [5.41, 5.74) is 2.61. The van der Waals surface area contributed by atoms with E-state index < -0.39 is 0 Å². The van der Waals surface area contributed by atoms with Gasteiger partial charge in [-0.25, -0.2) is 4.98 Å². The number of rotatable bonds is 7. The lowest BCUT2D eigenvalue weighted by Crippen LogP contribution is -2.28. The van der Waals surface area contributed by atoms with Gasteiger partial charge in [0.15, 0.2) is 0 Å². The molecule has 0 radical (unpaired) electrons. The number of nitrogens with zero attached hydrogens (tertiary/aromatic N) is 1. The van der Waals surface area contributed by atoms with Crippen LogP contribution in [0.2, 0.25) is 0 Å². The van der Waals surface area contributed by atoms with E-state index in [1.807, 2.05) is 60.7 Å². The Balaban J connectivity index is 1.54. The number of pyridine rings is 1. The van der Waals surface area contributed by atoms with Gasteiger partial charge in [0.05, 0.1) is 0 Å². The first kappa shape index (κ1) is 18.3. The SMILES string of the molecule is O=C(NCCc1ccccc1)c1cccc(C(=O)NCc2ccccc2)n1. The highest BCUT2D eigenvalue weighted by Gasteiger charge is 2.12. The van der Waals surface area contributed by atoms with Crippen molar-refractivity contribution in [2.45, 2.75) is 13.0 Å². The van der Waals surface area contributed by atoms with Gasteiger partial charge in [0.2, 0.25) is 0 Å². The predicted octanol–water partition coefficient (Wildman–Crippen LogP) is 2.98. The summed E-state index contributed by atoms with van der Waals surface area (Å²) in [5.74, 6) is -0.596. The van der Waals surface area contributed by atoms with Crippen molar-refractivity contribution in [1.82, 2.24) is 15.6 Å². The molecule has 2 amide bonds. The maximum absolute atomic E-state index is 12.3. The van der Waals surface area contributed by atoms with Gasteiger partial charge in [-0.2, -0.15) is 0 Å². The summed E-state index contributed by atoms with van der Waals surface area (Å²) in [7, 11) is 0. The summed E-state index contributed by atoms with van der Waals surface area (Å²) in [6.45, 7) is 0.920. The van der Waals surface area contributed by atoms with Crippen LogP contribution in [0.25, 0.3) is 0 Å². The maximum Gasteiger partial charge on any atom is 0.270 e. The maximum atomic E-state index is 12.3. The molecule has 0 saturated heterocycles. The summed E-state index contributed by atoms with van der Waals surface area (Å²) in [6.07, 6.45) is 0.740. The topological polar surface area (TPSA) is 71.1 Å². The zero-order valence-electron chi connectivity index (χ0n) is 14.9. The monoisotopic (exact) mass is 359 g/mol. The van der Waals surface area contributed by atoms with Crippen LogP contribution in [0.1, 0.15) is 32.1 Å². The van der Waals surface area contributed by atoms with Gasteiger partial charge < -0.3 is 10.6 Å². The van der Waals surface area contributed by atoms with Crippen molar-refractivity contribution in [3.8, 4) is 0 Å². The van der Waals surface area contributed by atoms with Crippen molar-refractivity contribution in [2.24, 2.45) is 0 Å². The number of aromatic nitrogens is 1. The third kappa shape index (κ3) is 5.51. The molecule has 2 N–H and O–H groups in total. The van der Waals surface area contributed by atoms with Crippen LogP contribution >= 0.6 is 0 Å². The van der Waals surface area contributed by atoms with E-state index in [2.05, 4.69) is 15.6 Å². The van der Waals surface area contributed by atoms with E-state index in [0.29, 0.717) is 13.1 Å². The molecule has 5 nitrogen and oxygen atoms in total. The lowest BCUT2D eigenvalue weighted by Gasteiger charge is -2.07. The molecule has 2 aromatic carbocycles. The Morgan fingerprint density at radius 2 is 1.22 bits per heavy atom. The Kier molecular flexibility index (Phi) is 6.30. The number of hydrogen-bond acceptors (Lipinski definition) is 3. The van der Waals surface area contributed by atoms with E-state index in [9.17, 15) is 9.59 Å². The third-order valence-electron chi connectivity index (χ3n) is 4.05. The van der Waals surface area contributed by atoms with Gasteiger partial charge in [0.25, 0.3) is 11.8 Å². The average molecular weight is 359 g/mol. The fourth-order valence-corrected chi connectivity index (χ4v) is 2.61. The summed E-state index contributed by atoms with van der Waals surface area (Å²) < 4.78 is 0. The van der Waals surface area contributed by atoms with Crippen molar-refractivity contribution in [2.75, 3.05) is 6.54 Å². The third-order valence-corrected chi connectivity index (χ3v) is 4.05. The molecule has 0 aliphatic rings. The fraction of sp³-hybridized carbons (Fsp3) is 0.136. The summed E-state index contributed by atoms with van der Waals surface area (Å²) >= 11 is 0. The number of carbonyl (C=O) groups excluding carboxylic acids is 2. The minimum Gasteiger partial charge on any atom is -0.350 e. The Morgan fingerprint density at radius 1 is 0.667 bits per heavy atom. The van der Waals surface area contributed by atoms with E-state index in [1.165, 1.54) is 0 Å².